The Bertz CT molecular complexity index is 1660. The molecule has 7 rings (SSSR count). The van der Waals surface area contributed by atoms with E-state index in [1.54, 1.807) is 25.4 Å². The molecule has 0 bridgehead atoms. The van der Waals surface area contributed by atoms with E-state index in [2.05, 4.69) is 16.4 Å². The standard InChI is InChI=1S/C32H29N3O6/c1-37-28-13-19(32(36)35-30-24-16-39-17-25(24)30)2-4-23(28)29-14-26-31(41-29)22(6-9-34-26)18-3-5-27(20(12-18)15-33)40-21-7-10-38-11-8-21/h2-6,9,12-14,21,24-25,30H,7-8,10-11,16-17H2,1H3,(H,35,36). The number of nitrogens with zero attached hydrogens (tertiary/aromatic N) is 2. The molecule has 1 aliphatic carbocycles. The minimum absolute atomic E-state index is 0.0392. The number of amides is 1. The number of methoxy groups -OCH3 is 1. The second-order valence-corrected chi connectivity index (χ2v) is 10.7. The van der Waals surface area contributed by atoms with Gasteiger partial charge in [0.15, 0.2) is 5.58 Å². The number of nitrogens with one attached hydrogen (secondary N) is 1. The van der Waals surface area contributed by atoms with Crippen molar-refractivity contribution in [2.24, 2.45) is 11.8 Å². The highest BCUT2D eigenvalue weighted by Gasteiger charge is 2.54. The van der Waals surface area contributed by atoms with Crippen molar-refractivity contribution >= 4 is 17.0 Å². The van der Waals surface area contributed by atoms with E-state index in [1.807, 2.05) is 36.4 Å². The van der Waals surface area contributed by atoms with Crippen molar-refractivity contribution < 1.29 is 28.2 Å². The van der Waals surface area contributed by atoms with Crippen molar-refractivity contribution in [3.8, 4) is 40.0 Å². The summed E-state index contributed by atoms with van der Waals surface area (Å²) in [5.41, 5.74) is 4.60. The van der Waals surface area contributed by atoms with Crippen LogP contribution in [0.2, 0.25) is 0 Å². The minimum Gasteiger partial charge on any atom is -0.496 e. The first-order valence-corrected chi connectivity index (χ1v) is 13.9. The number of pyridine rings is 1. The fourth-order valence-electron chi connectivity index (χ4n) is 5.88. The molecule has 208 valence electrons. The number of ether oxygens (including phenoxy) is 4. The van der Waals surface area contributed by atoms with Crippen molar-refractivity contribution in [2.45, 2.75) is 25.0 Å². The van der Waals surface area contributed by atoms with Gasteiger partial charge in [-0.05, 0) is 42.0 Å². The summed E-state index contributed by atoms with van der Waals surface area (Å²) < 4.78 is 29.0. The van der Waals surface area contributed by atoms with Crippen LogP contribution in [-0.2, 0) is 9.47 Å². The van der Waals surface area contributed by atoms with E-state index in [4.69, 9.17) is 23.4 Å². The van der Waals surface area contributed by atoms with E-state index in [9.17, 15) is 10.1 Å². The third kappa shape index (κ3) is 4.79. The minimum atomic E-state index is -0.125. The maximum absolute atomic E-state index is 12.9. The summed E-state index contributed by atoms with van der Waals surface area (Å²) >= 11 is 0. The van der Waals surface area contributed by atoms with Gasteiger partial charge in [-0.1, -0.05) is 6.07 Å². The fraction of sp³-hybridized carbons (Fsp3) is 0.344. The van der Waals surface area contributed by atoms with Crippen molar-refractivity contribution in [2.75, 3.05) is 33.5 Å². The molecule has 1 amide bonds. The van der Waals surface area contributed by atoms with Crippen LogP contribution in [0.4, 0.5) is 0 Å². The third-order valence-electron chi connectivity index (χ3n) is 8.26. The second-order valence-electron chi connectivity index (χ2n) is 10.7. The molecule has 9 nitrogen and oxygen atoms in total. The number of benzene rings is 2. The van der Waals surface area contributed by atoms with Crippen LogP contribution in [0.5, 0.6) is 11.5 Å². The summed E-state index contributed by atoms with van der Waals surface area (Å²) in [6.45, 7) is 2.76. The summed E-state index contributed by atoms with van der Waals surface area (Å²) in [5, 5.41) is 13.0. The SMILES string of the molecule is COc1cc(C(=O)NC2C3COCC32)ccc1-c1cc2nccc(-c3ccc(OC4CCOCC4)c(C#N)c3)c2o1. The average molecular weight is 552 g/mol. The maximum atomic E-state index is 12.9. The predicted octanol–water partition coefficient (Wildman–Crippen LogP) is 4.97. The number of fused-ring (bicyclic) bond motifs is 2. The topological polar surface area (TPSA) is 116 Å². The Hall–Kier alpha value is -4.39. The zero-order chi connectivity index (χ0) is 27.9. The van der Waals surface area contributed by atoms with Crippen molar-refractivity contribution in [3.05, 3.63) is 65.9 Å². The molecule has 2 aromatic carbocycles. The first-order valence-electron chi connectivity index (χ1n) is 13.9. The highest BCUT2D eigenvalue weighted by molar-refractivity contribution is 5.97. The summed E-state index contributed by atoms with van der Waals surface area (Å²) in [4.78, 5) is 17.4. The average Bonchev–Trinajstić information content (AvgIpc) is 3.35. The van der Waals surface area contributed by atoms with E-state index < -0.39 is 0 Å². The molecule has 2 saturated heterocycles. The maximum Gasteiger partial charge on any atom is 0.251 e. The zero-order valence-electron chi connectivity index (χ0n) is 22.6. The normalized spacial score (nSPS) is 21.7. The number of hydrogen-bond acceptors (Lipinski definition) is 8. The molecule has 9 heteroatoms. The lowest BCUT2D eigenvalue weighted by Crippen LogP contribution is -2.29. The first-order chi connectivity index (χ1) is 20.1. The molecule has 1 N–H and O–H groups in total. The van der Waals surface area contributed by atoms with E-state index in [-0.39, 0.29) is 18.1 Å². The number of carbonyl (C=O) groups excluding carboxylic acids is 1. The van der Waals surface area contributed by atoms with E-state index >= 15 is 0 Å². The van der Waals surface area contributed by atoms with E-state index in [0.29, 0.717) is 83.3 Å². The molecular formula is C32H29N3O6. The van der Waals surface area contributed by atoms with Crippen molar-refractivity contribution in [1.29, 1.82) is 5.26 Å². The molecule has 3 fully saturated rings. The lowest BCUT2D eigenvalue weighted by atomic mass is 10.0. The lowest BCUT2D eigenvalue weighted by Gasteiger charge is -2.23. The Kier molecular flexibility index (Phi) is 6.57. The van der Waals surface area contributed by atoms with Gasteiger partial charge in [-0.3, -0.25) is 9.78 Å². The van der Waals surface area contributed by atoms with Gasteiger partial charge in [0.05, 0.1) is 44.7 Å². The highest BCUT2D eigenvalue weighted by Crippen LogP contribution is 2.44. The number of rotatable bonds is 7. The Labute approximate surface area is 237 Å². The molecule has 1 saturated carbocycles. The van der Waals surface area contributed by atoms with Crippen LogP contribution in [-0.4, -0.2) is 56.6 Å². The molecule has 41 heavy (non-hydrogen) atoms. The van der Waals surface area contributed by atoms with Gasteiger partial charge in [-0.25, -0.2) is 0 Å². The molecule has 2 aromatic heterocycles. The number of aromatic nitrogens is 1. The van der Waals surface area contributed by atoms with Crippen LogP contribution in [0.25, 0.3) is 33.6 Å². The quantitative estimate of drug-likeness (QED) is 0.342. The lowest BCUT2D eigenvalue weighted by molar-refractivity contribution is 0.0254. The summed E-state index contributed by atoms with van der Waals surface area (Å²) in [7, 11) is 1.57. The van der Waals surface area contributed by atoms with Crippen LogP contribution in [0.3, 0.4) is 0 Å². The first kappa shape index (κ1) is 25.6. The predicted molar refractivity (Wildman–Crippen MR) is 150 cm³/mol. The Morgan fingerprint density at radius 2 is 1.83 bits per heavy atom. The summed E-state index contributed by atoms with van der Waals surface area (Å²) in [6, 6.07) is 17.1. The Morgan fingerprint density at radius 3 is 2.61 bits per heavy atom. The van der Waals surface area contributed by atoms with Gasteiger partial charge in [-0.2, -0.15) is 5.26 Å². The second kappa shape index (κ2) is 10.5. The van der Waals surface area contributed by atoms with Crippen LogP contribution >= 0.6 is 0 Å². The molecular weight excluding hydrogens is 522 g/mol. The number of furan rings is 1. The van der Waals surface area contributed by atoms with Gasteiger partial charge in [0.1, 0.15) is 34.9 Å². The van der Waals surface area contributed by atoms with Gasteiger partial charge < -0.3 is 28.7 Å². The highest BCUT2D eigenvalue weighted by atomic mass is 16.5. The van der Waals surface area contributed by atoms with Gasteiger partial charge in [0.2, 0.25) is 0 Å². The Morgan fingerprint density at radius 1 is 1.00 bits per heavy atom. The molecule has 0 radical (unpaired) electrons. The third-order valence-corrected chi connectivity index (χ3v) is 8.26. The molecule has 0 spiro atoms. The smallest absolute Gasteiger partial charge is 0.251 e. The van der Waals surface area contributed by atoms with Crippen LogP contribution < -0.4 is 14.8 Å². The van der Waals surface area contributed by atoms with Crippen molar-refractivity contribution in [1.82, 2.24) is 10.3 Å². The molecule has 3 aliphatic rings. The van der Waals surface area contributed by atoms with Crippen molar-refractivity contribution in [3.63, 3.8) is 0 Å². The summed E-state index contributed by atoms with van der Waals surface area (Å²) in [6.07, 6.45) is 3.37. The van der Waals surface area contributed by atoms with Gasteiger partial charge in [0, 0.05) is 54.1 Å². The number of carbonyl (C=O) groups is 1. The van der Waals surface area contributed by atoms with Crippen LogP contribution in [0.1, 0.15) is 28.8 Å². The van der Waals surface area contributed by atoms with Crippen LogP contribution in [0, 0.1) is 23.2 Å². The Balaban J connectivity index is 1.16. The van der Waals surface area contributed by atoms with E-state index in [1.165, 1.54) is 0 Å². The zero-order valence-corrected chi connectivity index (χ0v) is 22.6. The molecule has 2 unspecified atom stereocenters. The largest absolute Gasteiger partial charge is 0.496 e. The van der Waals surface area contributed by atoms with Crippen LogP contribution in [0.15, 0.2) is 59.1 Å². The molecule has 4 heterocycles. The van der Waals surface area contributed by atoms with E-state index in [0.717, 1.165) is 24.0 Å². The number of hydrogen-bond donors (Lipinski definition) is 1. The fourth-order valence-corrected chi connectivity index (χ4v) is 5.88. The monoisotopic (exact) mass is 551 g/mol. The van der Waals surface area contributed by atoms with Gasteiger partial charge in [0.25, 0.3) is 5.91 Å². The molecule has 4 aromatic rings. The van der Waals surface area contributed by atoms with Gasteiger partial charge >= 0.3 is 0 Å². The molecule has 2 aliphatic heterocycles. The number of nitriles is 1. The summed E-state index contributed by atoms with van der Waals surface area (Å²) in [5.74, 6) is 2.40. The van der Waals surface area contributed by atoms with Gasteiger partial charge in [-0.15, -0.1) is 0 Å². The molecule has 2 atom stereocenters.